The van der Waals surface area contributed by atoms with E-state index < -0.39 is 5.91 Å². The van der Waals surface area contributed by atoms with Crippen molar-refractivity contribution in [2.45, 2.75) is 13.1 Å². The summed E-state index contributed by atoms with van der Waals surface area (Å²) in [6.07, 6.45) is 4.17. The lowest BCUT2D eigenvalue weighted by Gasteiger charge is -2.13. The molecule has 0 aliphatic heterocycles. The first kappa shape index (κ1) is 16.3. The van der Waals surface area contributed by atoms with E-state index in [1.54, 1.807) is 19.3 Å². The van der Waals surface area contributed by atoms with Crippen LogP contribution < -0.4 is 22.1 Å². The van der Waals surface area contributed by atoms with Crippen LogP contribution in [-0.4, -0.2) is 37.0 Å². The molecule has 2 aromatic heterocycles. The number of benzene rings is 1. The zero-order chi connectivity index (χ0) is 17.8. The molecular formula is C15H17N9O. The normalized spacial score (nSPS) is 11.8. The number of hydrogen-bond donors (Lipinski definition) is 4. The Kier molecular flexibility index (Phi) is 4.53. The van der Waals surface area contributed by atoms with Gasteiger partial charge in [0.25, 0.3) is 5.91 Å². The Hall–Kier alpha value is -3.53. The number of nitrogens with two attached hydrogens (primary N) is 2. The van der Waals surface area contributed by atoms with Gasteiger partial charge in [-0.25, -0.2) is 4.98 Å². The molecule has 2 heterocycles. The third-order valence-corrected chi connectivity index (χ3v) is 3.17. The maximum Gasteiger partial charge on any atom is 0.254 e. The third kappa shape index (κ3) is 3.87. The molecule has 0 saturated heterocycles. The first-order chi connectivity index (χ1) is 12.0. The summed E-state index contributed by atoms with van der Waals surface area (Å²) >= 11 is 0. The smallest absolute Gasteiger partial charge is 0.254 e. The van der Waals surface area contributed by atoms with Crippen molar-refractivity contribution in [1.29, 1.82) is 0 Å². The zero-order valence-corrected chi connectivity index (χ0v) is 13.4. The minimum atomic E-state index is -0.639. The monoisotopic (exact) mass is 339 g/mol. The second-order valence-corrected chi connectivity index (χ2v) is 5.25. The van der Waals surface area contributed by atoms with Crippen LogP contribution in [0.1, 0.15) is 17.3 Å². The second-order valence-electron chi connectivity index (χ2n) is 5.25. The molecule has 0 bridgehead atoms. The van der Waals surface area contributed by atoms with Gasteiger partial charge in [0.1, 0.15) is 11.4 Å². The second kappa shape index (κ2) is 6.93. The van der Waals surface area contributed by atoms with Crippen LogP contribution in [0.4, 0.5) is 17.5 Å². The summed E-state index contributed by atoms with van der Waals surface area (Å²) in [6.45, 7) is 1.75. The highest BCUT2D eigenvalue weighted by molar-refractivity contribution is 5.98. The fourth-order valence-corrected chi connectivity index (χ4v) is 2.12. The van der Waals surface area contributed by atoms with Crippen LogP contribution in [0.15, 0.2) is 42.9 Å². The van der Waals surface area contributed by atoms with Gasteiger partial charge in [0.05, 0.1) is 24.2 Å². The van der Waals surface area contributed by atoms with E-state index in [2.05, 4.69) is 30.8 Å². The predicted molar refractivity (Wildman–Crippen MR) is 92.5 cm³/mol. The van der Waals surface area contributed by atoms with E-state index in [0.29, 0.717) is 5.69 Å². The Bertz CT molecular complexity index is 876. The molecule has 3 aromatic rings. The molecule has 0 saturated carbocycles. The SMILES string of the molecule is CC(N)Nc1ncc(C(N)=O)c(Nc2cccc(-n3nccn3)c2)n1. The van der Waals surface area contributed by atoms with E-state index in [1.807, 2.05) is 24.3 Å². The molecule has 0 aliphatic rings. The van der Waals surface area contributed by atoms with Crippen molar-refractivity contribution in [2.75, 3.05) is 10.6 Å². The summed E-state index contributed by atoms with van der Waals surface area (Å²) in [7, 11) is 0. The number of rotatable bonds is 6. The van der Waals surface area contributed by atoms with Gasteiger partial charge >= 0.3 is 0 Å². The summed E-state index contributed by atoms with van der Waals surface area (Å²) in [4.78, 5) is 21.4. The van der Waals surface area contributed by atoms with Gasteiger partial charge < -0.3 is 22.1 Å². The van der Waals surface area contributed by atoms with Crippen LogP contribution in [0, 0.1) is 0 Å². The quantitative estimate of drug-likeness (QED) is 0.477. The molecule has 1 atom stereocenters. The van der Waals surface area contributed by atoms with Crippen LogP contribution in [0.5, 0.6) is 0 Å². The summed E-state index contributed by atoms with van der Waals surface area (Å²) in [5.41, 5.74) is 12.7. The summed E-state index contributed by atoms with van der Waals surface area (Å²) < 4.78 is 0. The van der Waals surface area contributed by atoms with Crippen molar-refractivity contribution in [3.05, 3.63) is 48.4 Å². The molecule has 0 spiro atoms. The first-order valence-corrected chi connectivity index (χ1v) is 7.45. The van der Waals surface area contributed by atoms with Gasteiger partial charge in [-0.05, 0) is 25.1 Å². The fraction of sp³-hybridized carbons (Fsp3) is 0.133. The molecule has 3 rings (SSSR count). The number of carbonyl (C=O) groups is 1. The average molecular weight is 339 g/mol. The Labute approximate surface area is 143 Å². The average Bonchev–Trinajstić information content (AvgIpc) is 3.09. The number of carbonyl (C=O) groups excluding carboxylic acids is 1. The number of anilines is 3. The van der Waals surface area contributed by atoms with Gasteiger partial charge in [-0.15, -0.1) is 0 Å². The van der Waals surface area contributed by atoms with Crippen LogP contribution in [0.3, 0.4) is 0 Å². The number of primary amides is 1. The van der Waals surface area contributed by atoms with E-state index in [9.17, 15) is 4.79 Å². The molecule has 6 N–H and O–H groups in total. The molecule has 0 fully saturated rings. The molecule has 128 valence electrons. The molecular weight excluding hydrogens is 322 g/mol. The number of aromatic nitrogens is 5. The lowest BCUT2D eigenvalue weighted by Crippen LogP contribution is -2.27. The molecule has 0 aliphatic carbocycles. The van der Waals surface area contributed by atoms with Crippen LogP contribution >= 0.6 is 0 Å². The predicted octanol–water partition coefficient (Wildman–Crippen LogP) is 0.616. The van der Waals surface area contributed by atoms with Gasteiger partial charge in [-0.1, -0.05) is 6.07 Å². The van der Waals surface area contributed by atoms with Gasteiger partial charge in [-0.3, -0.25) is 4.79 Å². The van der Waals surface area contributed by atoms with E-state index in [1.165, 1.54) is 11.0 Å². The Morgan fingerprint density at radius 3 is 2.72 bits per heavy atom. The van der Waals surface area contributed by atoms with Crippen LogP contribution in [-0.2, 0) is 0 Å². The number of nitrogens with one attached hydrogen (secondary N) is 2. The Morgan fingerprint density at radius 2 is 2.04 bits per heavy atom. The Morgan fingerprint density at radius 1 is 1.28 bits per heavy atom. The van der Waals surface area contributed by atoms with E-state index in [4.69, 9.17) is 11.5 Å². The maximum absolute atomic E-state index is 11.6. The van der Waals surface area contributed by atoms with Crippen molar-refractivity contribution in [1.82, 2.24) is 25.0 Å². The van der Waals surface area contributed by atoms with Crippen LogP contribution in [0.2, 0.25) is 0 Å². The van der Waals surface area contributed by atoms with Crippen molar-refractivity contribution in [3.8, 4) is 5.69 Å². The lowest BCUT2D eigenvalue weighted by atomic mass is 10.2. The first-order valence-electron chi connectivity index (χ1n) is 7.45. The largest absolute Gasteiger partial charge is 0.365 e. The van der Waals surface area contributed by atoms with Gasteiger partial charge in [0.2, 0.25) is 5.95 Å². The molecule has 10 heteroatoms. The Balaban J connectivity index is 1.93. The molecule has 10 nitrogen and oxygen atoms in total. The standard InChI is InChI=1S/C15H17N9O/c1-9(16)21-15-18-8-12(13(17)25)14(23-15)22-10-3-2-4-11(7-10)24-19-5-6-20-24/h2-9H,16H2,1H3,(H2,17,25)(H2,18,21,22,23). The topological polar surface area (TPSA) is 150 Å². The zero-order valence-electron chi connectivity index (χ0n) is 13.4. The summed E-state index contributed by atoms with van der Waals surface area (Å²) in [6, 6.07) is 7.31. The third-order valence-electron chi connectivity index (χ3n) is 3.17. The van der Waals surface area contributed by atoms with Crippen molar-refractivity contribution < 1.29 is 4.79 Å². The van der Waals surface area contributed by atoms with E-state index in [-0.39, 0.29) is 23.5 Å². The minimum Gasteiger partial charge on any atom is -0.365 e. The molecule has 0 radical (unpaired) electrons. The molecule has 1 amide bonds. The minimum absolute atomic E-state index is 0.165. The highest BCUT2D eigenvalue weighted by Crippen LogP contribution is 2.21. The van der Waals surface area contributed by atoms with E-state index >= 15 is 0 Å². The summed E-state index contributed by atoms with van der Waals surface area (Å²) in [5.74, 6) is -0.0802. The molecule has 25 heavy (non-hydrogen) atoms. The number of amides is 1. The highest BCUT2D eigenvalue weighted by Gasteiger charge is 2.13. The van der Waals surface area contributed by atoms with Crippen molar-refractivity contribution >= 4 is 23.4 Å². The maximum atomic E-state index is 11.6. The van der Waals surface area contributed by atoms with E-state index in [0.717, 1.165) is 5.69 Å². The fourth-order valence-electron chi connectivity index (χ4n) is 2.12. The number of nitrogens with zero attached hydrogens (tertiary/aromatic N) is 5. The van der Waals surface area contributed by atoms with Crippen molar-refractivity contribution in [3.63, 3.8) is 0 Å². The molecule has 1 aromatic carbocycles. The van der Waals surface area contributed by atoms with Gasteiger partial charge in [0, 0.05) is 11.9 Å². The van der Waals surface area contributed by atoms with Gasteiger partial charge in [-0.2, -0.15) is 20.0 Å². The van der Waals surface area contributed by atoms with Crippen LogP contribution in [0.25, 0.3) is 5.69 Å². The molecule has 1 unspecified atom stereocenters. The lowest BCUT2D eigenvalue weighted by molar-refractivity contribution is 0.100. The van der Waals surface area contributed by atoms with Gasteiger partial charge in [0.15, 0.2) is 0 Å². The summed E-state index contributed by atoms with van der Waals surface area (Å²) in [5, 5.41) is 14.1. The number of hydrogen-bond acceptors (Lipinski definition) is 8. The van der Waals surface area contributed by atoms with Crippen molar-refractivity contribution in [2.24, 2.45) is 11.5 Å². The highest BCUT2D eigenvalue weighted by atomic mass is 16.1.